The van der Waals surface area contributed by atoms with Crippen LogP contribution in [0.2, 0.25) is 5.02 Å². The summed E-state index contributed by atoms with van der Waals surface area (Å²) in [6.45, 7) is 1.83. The van der Waals surface area contributed by atoms with E-state index in [1.54, 1.807) is 12.1 Å². The number of nitrogens with zero attached hydrogens (tertiary/aromatic N) is 4. The summed E-state index contributed by atoms with van der Waals surface area (Å²) in [4.78, 5) is 15.5. The van der Waals surface area contributed by atoms with E-state index in [2.05, 4.69) is 25.5 Å². The van der Waals surface area contributed by atoms with E-state index in [4.69, 9.17) is 16.6 Å². The Balaban J connectivity index is 1.71. The fraction of sp³-hybridized carbons (Fsp3) is 0.278. The first kappa shape index (κ1) is 16.9. The number of anilines is 3. The summed E-state index contributed by atoms with van der Waals surface area (Å²) < 4.78 is 14.2. The molecule has 26 heavy (non-hydrogen) atoms. The van der Waals surface area contributed by atoms with Crippen molar-refractivity contribution >= 4 is 40.0 Å². The Hall–Kier alpha value is -2.51. The van der Waals surface area contributed by atoms with E-state index in [0.29, 0.717) is 22.9 Å². The van der Waals surface area contributed by atoms with Crippen LogP contribution in [-0.2, 0) is 0 Å². The molecular weight excluding hydrogens is 355 g/mol. The zero-order chi connectivity index (χ0) is 18.1. The first-order valence-electron chi connectivity index (χ1n) is 8.40. The Labute approximate surface area is 155 Å². The molecule has 1 fully saturated rings. The van der Waals surface area contributed by atoms with Gasteiger partial charge in [-0.3, -0.25) is 0 Å². The monoisotopic (exact) mass is 372 g/mol. The molecule has 0 spiro atoms. The largest absolute Gasteiger partial charge is 0.355 e. The molecule has 6 nitrogen and oxygen atoms in total. The van der Waals surface area contributed by atoms with E-state index < -0.39 is 5.82 Å². The average Bonchev–Trinajstić information content (AvgIpc) is 3.15. The number of hydrogen-bond donors (Lipinski definition) is 2. The lowest BCUT2D eigenvalue weighted by Gasteiger charge is -2.18. The maximum absolute atomic E-state index is 14.2. The summed E-state index contributed by atoms with van der Waals surface area (Å²) in [6, 6.07) is 9.11. The van der Waals surface area contributed by atoms with Crippen LogP contribution in [0, 0.1) is 5.82 Å². The van der Waals surface area contributed by atoms with Crippen LogP contribution in [0.3, 0.4) is 0 Å². The van der Waals surface area contributed by atoms with Crippen molar-refractivity contribution in [1.82, 2.24) is 20.3 Å². The van der Waals surface area contributed by atoms with Gasteiger partial charge >= 0.3 is 0 Å². The molecule has 4 rings (SSSR count). The maximum atomic E-state index is 14.2. The van der Waals surface area contributed by atoms with Crippen LogP contribution in [-0.4, -0.2) is 41.1 Å². The molecule has 0 aliphatic carbocycles. The van der Waals surface area contributed by atoms with Gasteiger partial charge in [-0.1, -0.05) is 17.7 Å². The highest BCUT2D eigenvalue weighted by atomic mass is 35.5. The molecule has 1 aliphatic rings. The second-order valence-electron chi connectivity index (χ2n) is 6.21. The standard InChI is InChI=1S/C18H18ClFN6/c1-21-11-7-8-26(9-11)15-6-5-14-17(25-15)18(23-10-22-14)24-13-4-2-3-12(19)16(13)20/h2-6,10-11,21H,7-9H2,1H3,(H,22,23,24). The number of benzene rings is 1. The predicted molar refractivity (Wildman–Crippen MR) is 102 cm³/mol. The average molecular weight is 373 g/mol. The lowest BCUT2D eigenvalue weighted by atomic mass is 10.3. The number of fused-ring (bicyclic) bond motifs is 1. The number of hydrogen-bond acceptors (Lipinski definition) is 6. The summed E-state index contributed by atoms with van der Waals surface area (Å²) in [5, 5.41) is 6.34. The van der Waals surface area contributed by atoms with Crippen molar-refractivity contribution in [3.8, 4) is 0 Å². The number of pyridine rings is 1. The summed E-state index contributed by atoms with van der Waals surface area (Å²) in [6.07, 6.45) is 2.50. The quantitative estimate of drug-likeness (QED) is 0.732. The van der Waals surface area contributed by atoms with Gasteiger partial charge in [0.15, 0.2) is 11.6 Å². The second-order valence-corrected chi connectivity index (χ2v) is 6.61. The first-order valence-corrected chi connectivity index (χ1v) is 8.78. The van der Waals surface area contributed by atoms with Crippen molar-refractivity contribution in [2.45, 2.75) is 12.5 Å². The molecule has 1 saturated heterocycles. The summed E-state index contributed by atoms with van der Waals surface area (Å²) >= 11 is 5.86. The van der Waals surface area contributed by atoms with E-state index in [9.17, 15) is 4.39 Å². The molecule has 8 heteroatoms. The molecule has 0 bridgehead atoms. The van der Waals surface area contributed by atoms with Gasteiger partial charge in [0.2, 0.25) is 0 Å². The number of halogens is 2. The van der Waals surface area contributed by atoms with Crippen molar-refractivity contribution < 1.29 is 4.39 Å². The molecule has 134 valence electrons. The van der Waals surface area contributed by atoms with Gasteiger partial charge in [-0.2, -0.15) is 0 Å². The first-order chi connectivity index (χ1) is 12.7. The van der Waals surface area contributed by atoms with Crippen molar-refractivity contribution in [3.05, 3.63) is 47.5 Å². The molecule has 0 radical (unpaired) electrons. The smallest absolute Gasteiger partial charge is 0.165 e. The lowest BCUT2D eigenvalue weighted by Crippen LogP contribution is -2.29. The van der Waals surface area contributed by atoms with Gasteiger partial charge in [-0.25, -0.2) is 19.3 Å². The van der Waals surface area contributed by atoms with E-state index in [1.165, 1.54) is 12.4 Å². The fourth-order valence-corrected chi connectivity index (χ4v) is 3.30. The van der Waals surface area contributed by atoms with Gasteiger partial charge in [-0.15, -0.1) is 0 Å². The van der Waals surface area contributed by atoms with Crippen molar-refractivity contribution in [3.63, 3.8) is 0 Å². The van der Waals surface area contributed by atoms with Gasteiger partial charge in [0.25, 0.3) is 0 Å². The zero-order valence-corrected chi connectivity index (χ0v) is 15.0. The summed E-state index contributed by atoms with van der Waals surface area (Å²) in [7, 11) is 1.97. The molecule has 0 amide bonds. The molecule has 3 aromatic rings. The van der Waals surface area contributed by atoms with Crippen LogP contribution in [0.4, 0.5) is 21.7 Å². The fourth-order valence-electron chi connectivity index (χ4n) is 3.13. The highest BCUT2D eigenvalue weighted by Gasteiger charge is 2.22. The normalized spacial score (nSPS) is 17.0. The number of nitrogens with one attached hydrogen (secondary N) is 2. The minimum Gasteiger partial charge on any atom is -0.355 e. The minimum absolute atomic E-state index is 0.0529. The van der Waals surface area contributed by atoms with Gasteiger partial charge in [-0.05, 0) is 37.7 Å². The Morgan fingerprint density at radius 1 is 1.23 bits per heavy atom. The topological polar surface area (TPSA) is 66.0 Å². The number of rotatable bonds is 4. The third kappa shape index (κ3) is 3.15. The molecule has 1 unspecified atom stereocenters. The lowest BCUT2D eigenvalue weighted by molar-refractivity contribution is 0.616. The van der Waals surface area contributed by atoms with E-state index >= 15 is 0 Å². The molecule has 0 saturated carbocycles. The van der Waals surface area contributed by atoms with E-state index in [-0.39, 0.29) is 10.7 Å². The third-order valence-corrected chi connectivity index (χ3v) is 4.88. The molecule has 1 aliphatic heterocycles. The van der Waals surface area contributed by atoms with Gasteiger partial charge in [0.1, 0.15) is 17.7 Å². The highest BCUT2D eigenvalue weighted by molar-refractivity contribution is 6.31. The maximum Gasteiger partial charge on any atom is 0.165 e. The minimum atomic E-state index is -0.520. The van der Waals surface area contributed by atoms with Gasteiger partial charge in [0.05, 0.1) is 16.2 Å². The van der Waals surface area contributed by atoms with Crippen LogP contribution in [0.5, 0.6) is 0 Å². The summed E-state index contributed by atoms with van der Waals surface area (Å²) in [5.74, 6) is 0.788. The Morgan fingerprint density at radius 2 is 2.12 bits per heavy atom. The summed E-state index contributed by atoms with van der Waals surface area (Å²) in [5.41, 5.74) is 1.54. The number of likely N-dealkylation sites (N-methyl/N-ethyl adjacent to an activating group) is 1. The Kier molecular flexibility index (Phi) is 4.57. The van der Waals surface area contributed by atoms with Crippen molar-refractivity contribution in [2.75, 3.05) is 30.4 Å². The highest BCUT2D eigenvalue weighted by Crippen LogP contribution is 2.28. The van der Waals surface area contributed by atoms with E-state index in [1.807, 2.05) is 19.2 Å². The van der Waals surface area contributed by atoms with E-state index in [0.717, 1.165) is 25.3 Å². The SMILES string of the molecule is CNC1CCN(c2ccc3ncnc(Nc4cccc(Cl)c4F)c3n2)C1. The van der Waals surface area contributed by atoms with Crippen LogP contribution in [0.15, 0.2) is 36.7 Å². The van der Waals surface area contributed by atoms with Crippen LogP contribution in [0.25, 0.3) is 11.0 Å². The zero-order valence-electron chi connectivity index (χ0n) is 14.2. The Bertz CT molecular complexity index is 950. The second kappa shape index (κ2) is 7.01. The molecule has 3 heterocycles. The third-order valence-electron chi connectivity index (χ3n) is 4.59. The van der Waals surface area contributed by atoms with Crippen molar-refractivity contribution in [1.29, 1.82) is 0 Å². The molecule has 1 aromatic carbocycles. The van der Waals surface area contributed by atoms with Gasteiger partial charge in [0, 0.05) is 19.1 Å². The molecule has 2 N–H and O–H groups in total. The van der Waals surface area contributed by atoms with Crippen molar-refractivity contribution in [2.24, 2.45) is 0 Å². The predicted octanol–water partition coefficient (Wildman–Crippen LogP) is 3.36. The molecule has 2 aromatic heterocycles. The molecule has 1 atom stereocenters. The van der Waals surface area contributed by atoms with Crippen LogP contribution >= 0.6 is 11.6 Å². The number of aromatic nitrogens is 3. The van der Waals surface area contributed by atoms with Crippen LogP contribution < -0.4 is 15.5 Å². The van der Waals surface area contributed by atoms with Crippen LogP contribution in [0.1, 0.15) is 6.42 Å². The van der Waals surface area contributed by atoms with Gasteiger partial charge < -0.3 is 15.5 Å². The molecular formula is C18H18ClFN6. The Morgan fingerprint density at radius 3 is 2.92 bits per heavy atom.